The van der Waals surface area contributed by atoms with E-state index in [0.29, 0.717) is 72.8 Å². The van der Waals surface area contributed by atoms with Crippen molar-refractivity contribution in [2.45, 2.75) is 88.8 Å². The monoisotopic (exact) mass is 918 g/mol. The molecule has 0 aliphatic heterocycles. The Bertz CT molecular complexity index is 2510. The Morgan fingerprint density at radius 1 is 0.609 bits per heavy atom. The molecule has 332 valence electrons. The molecule has 64 heavy (non-hydrogen) atoms. The van der Waals surface area contributed by atoms with Crippen molar-refractivity contribution in [3.05, 3.63) is 106 Å². The van der Waals surface area contributed by atoms with Crippen LogP contribution in [-0.2, 0) is 23.6 Å². The number of aliphatic hydroxyl groups is 2. The molecule has 4 aromatic heterocycles. The van der Waals surface area contributed by atoms with Gasteiger partial charge in [-0.1, -0.05) is 12.1 Å². The summed E-state index contributed by atoms with van der Waals surface area (Å²) in [6.07, 6.45) is 0.906. The van der Waals surface area contributed by atoms with Crippen molar-refractivity contribution in [2.24, 2.45) is 11.8 Å². The number of nitrogens with one attached hydrogen (secondary N) is 2. The number of halogens is 6. The number of nitriles is 2. The van der Waals surface area contributed by atoms with Gasteiger partial charge < -0.3 is 20.8 Å². The van der Waals surface area contributed by atoms with E-state index < -0.39 is 34.9 Å². The molecule has 2 aromatic carbocycles. The Morgan fingerprint density at radius 3 is 1.33 bits per heavy atom. The van der Waals surface area contributed by atoms with Gasteiger partial charge in [-0.15, -0.1) is 22.7 Å². The molecule has 4 heterocycles. The van der Waals surface area contributed by atoms with Crippen LogP contribution >= 0.6 is 22.7 Å². The van der Waals surface area contributed by atoms with Crippen LogP contribution in [0.1, 0.15) is 83.9 Å². The van der Waals surface area contributed by atoms with Gasteiger partial charge in [0.15, 0.2) is 0 Å². The smallest absolute Gasteiger partial charge is 0.383 e. The lowest BCUT2D eigenvalue weighted by molar-refractivity contribution is -0.141. The third kappa shape index (κ3) is 11.0. The lowest BCUT2D eigenvalue weighted by Crippen LogP contribution is -2.30. The van der Waals surface area contributed by atoms with E-state index in [1.165, 1.54) is 22.7 Å². The Balaban J connectivity index is 0.000000191. The molecule has 2 saturated carbocycles. The molecule has 12 nitrogen and oxygen atoms in total. The minimum Gasteiger partial charge on any atom is -0.383 e. The van der Waals surface area contributed by atoms with Gasteiger partial charge in [0.2, 0.25) is 11.9 Å². The molecule has 0 unspecified atom stereocenters. The summed E-state index contributed by atoms with van der Waals surface area (Å²) in [6, 6.07) is 17.2. The van der Waals surface area contributed by atoms with Gasteiger partial charge in [-0.2, -0.15) is 36.9 Å². The van der Waals surface area contributed by atoms with E-state index in [9.17, 15) is 36.6 Å². The number of aryl methyl sites for hydroxylation is 2. The lowest BCUT2D eigenvalue weighted by atomic mass is 9.80. The van der Waals surface area contributed by atoms with Gasteiger partial charge >= 0.3 is 12.4 Å². The zero-order valence-corrected chi connectivity index (χ0v) is 35.9. The molecule has 0 radical (unpaired) electrons. The van der Waals surface area contributed by atoms with Crippen molar-refractivity contribution in [3.63, 3.8) is 0 Å². The number of anilines is 4. The van der Waals surface area contributed by atoms with Gasteiger partial charge in [0, 0.05) is 48.0 Å². The van der Waals surface area contributed by atoms with Crippen LogP contribution in [0.15, 0.2) is 73.3 Å². The summed E-state index contributed by atoms with van der Waals surface area (Å²) < 4.78 is 77.5. The highest BCUT2D eigenvalue weighted by molar-refractivity contribution is 7.15. The fourth-order valence-corrected chi connectivity index (χ4v) is 9.63. The number of benzene rings is 2. The number of hydrogen-bond donors (Lipinski definition) is 4. The van der Waals surface area contributed by atoms with Gasteiger partial charge in [0.05, 0.1) is 21.9 Å². The molecule has 0 saturated heterocycles. The SMILES string of the molecule is Cc1cc(Nc2nccc(C(F)(F)F)n2)cc(-c2cnc(C3(O)CCC(C#N)CC3)s2)c1.Cc1cc(Nc2nccc(C(F)(F)F)n2)cc(-c2cnc(C3(O)CCC(C#N)CC3)s2)c1. The number of aromatic nitrogens is 6. The van der Waals surface area contributed by atoms with Crippen LogP contribution in [0, 0.1) is 48.3 Å². The normalized spacial score (nSPS) is 21.2. The Kier molecular flexibility index (Phi) is 13.3. The number of nitrogens with zero attached hydrogens (tertiary/aromatic N) is 8. The topological polar surface area (TPSA) is 189 Å². The van der Waals surface area contributed by atoms with Crippen LogP contribution in [0.4, 0.5) is 49.6 Å². The maximum atomic E-state index is 12.9. The first-order valence-corrected chi connectivity index (χ1v) is 21.7. The molecule has 0 atom stereocenters. The van der Waals surface area contributed by atoms with E-state index in [-0.39, 0.29) is 23.7 Å². The summed E-state index contributed by atoms with van der Waals surface area (Å²) in [5.74, 6) is -0.355. The van der Waals surface area contributed by atoms with Crippen LogP contribution in [-0.4, -0.2) is 40.1 Å². The Morgan fingerprint density at radius 2 is 0.984 bits per heavy atom. The van der Waals surface area contributed by atoms with Gasteiger partial charge in [-0.3, -0.25) is 0 Å². The summed E-state index contributed by atoms with van der Waals surface area (Å²) in [5.41, 5.74) is 0.393. The predicted octanol–water partition coefficient (Wildman–Crippen LogP) is 11.1. The highest BCUT2D eigenvalue weighted by Gasteiger charge is 2.39. The van der Waals surface area contributed by atoms with E-state index in [4.69, 9.17) is 10.5 Å². The Hall–Kier alpha value is -6.06. The van der Waals surface area contributed by atoms with E-state index >= 15 is 0 Å². The average molecular weight is 919 g/mol. The van der Waals surface area contributed by atoms with E-state index in [0.717, 1.165) is 56.5 Å². The van der Waals surface area contributed by atoms with Crippen molar-refractivity contribution in [3.8, 4) is 33.0 Å². The maximum Gasteiger partial charge on any atom is 0.433 e. The van der Waals surface area contributed by atoms with E-state index in [1.54, 1.807) is 36.7 Å². The maximum absolute atomic E-state index is 12.9. The molecular weight excluding hydrogens is 879 g/mol. The van der Waals surface area contributed by atoms with Crippen LogP contribution in [0.25, 0.3) is 20.9 Å². The Labute approximate surface area is 371 Å². The second kappa shape index (κ2) is 18.6. The summed E-state index contributed by atoms with van der Waals surface area (Å²) in [7, 11) is 0. The van der Waals surface area contributed by atoms with Crippen molar-refractivity contribution in [1.82, 2.24) is 29.9 Å². The first-order chi connectivity index (χ1) is 30.3. The number of alkyl halides is 6. The zero-order valence-electron chi connectivity index (χ0n) is 34.3. The van der Waals surface area contributed by atoms with Gasteiger partial charge in [0.25, 0.3) is 0 Å². The average Bonchev–Trinajstić information content (AvgIpc) is 3.97. The predicted molar refractivity (Wildman–Crippen MR) is 228 cm³/mol. The number of hydrogen-bond acceptors (Lipinski definition) is 14. The summed E-state index contributed by atoms with van der Waals surface area (Å²) >= 11 is 2.76. The van der Waals surface area contributed by atoms with E-state index in [2.05, 4.69) is 52.7 Å². The van der Waals surface area contributed by atoms with Crippen molar-refractivity contribution >= 4 is 45.9 Å². The highest BCUT2D eigenvalue weighted by Crippen LogP contribution is 2.44. The fourth-order valence-electron chi connectivity index (χ4n) is 7.53. The third-order valence-corrected chi connectivity index (χ3v) is 13.4. The molecule has 20 heteroatoms. The van der Waals surface area contributed by atoms with Crippen molar-refractivity contribution < 1.29 is 36.6 Å². The molecule has 2 aliphatic rings. The standard InChI is InChI=1S/2C22H20F3N5OS/c2*1-13-8-15(10-16(9-13)29-20-27-7-4-18(30-20)22(23,24)25)17-12-28-19(32-17)21(31)5-2-14(11-26)3-6-21/h2*4,7-10,12,14,31H,2-3,5-6H2,1H3,(H,27,29,30). The van der Waals surface area contributed by atoms with Crippen molar-refractivity contribution in [2.75, 3.05) is 10.6 Å². The molecule has 0 amide bonds. The molecule has 2 fully saturated rings. The largest absolute Gasteiger partial charge is 0.433 e. The fraction of sp³-hybridized carbons (Fsp3) is 0.364. The second-order valence-corrected chi connectivity index (χ2v) is 17.9. The van der Waals surface area contributed by atoms with Gasteiger partial charge in [0.1, 0.15) is 32.6 Å². The molecule has 6 aromatic rings. The zero-order chi connectivity index (χ0) is 45.9. The van der Waals surface area contributed by atoms with Crippen molar-refractivity contribution in [1.29, 1.82) is 10.5 Å². The molecule has 8 rings (SSSR count). The van der Waals surface area contributed by atoms with Crippen LogP contribution < -0.4 is 10.6 Å². The molecular formula is C44H40F6N10O2S2. The van der Waals surface area contributed by atoms with Gasteiger partial charge in [-0.25, -0.2) is 29.9 Å². The highest BCUT2D eigenvalue weighted by atomic mass is 32.1. The number of thiazole rings is 2. The summed E-state index contributed by atoms with van der Waals surface area (Å²) in [6.45, 7) is 3.75. The molecule has 0 spiro atoms. The van der Waals surface area contributed by atoms with Crippen LogP contribution in [0.3, 0.4) is 0 Å². The van der Waals surface area contributed by atoms with Crippen LogP contribution in [0.5, 0.6) is 0 Å². The summed E-state index contributed by atoms with van der Waals surface area (Å²) in [4.78, 5) is 25.4. The minimum absolute atomic E-state index is 0.0295. The van der Waals surface area contributed by atoms with E-state index in [1.807, 2.05) is 26.0 Å². The molecule has 0 bridgehead atoms. The lowest BCUT2D eigenvalue weighted by Gasteiger charge is -2.32. The number of rotatable bonds is 8. The first kappa shape index (κ1) is 45.9. The van der Waals surface area contributed by atoms with Gasteiger partial charge in [-0.05, 0) is 124 Å². The minimum atomic E-state index is -4.55. The first-order valence-electron chi connectivity index (χ1n) is 20.1. The third-order valence-electron chi connectivity index (χ3n) is 10.9. The van der Waals surface area contributed by atoms with Crippen LogP contribution in [0.2, 0.25) is 0 Å². The second-order valence-electron chi connectivity index (χ2n) is 15.9. The molecule has 4 N–H and O–H groups in total. The summed E-state index contributed by atoms with van der Waals surface area (Å²) in [5, 5.41) is 47.1. The molecule has 2 aliphatic carbocycles. The quantitative estimate of drug-likeness (QED) is 0.106.